The average molecular weight is 260 g/mol. The number of methoxy groups -OCH3 is 1. The first kappa shape index (κ1) is 15.4. The number of nitrogens with zero attached hydrogens (tertiary/aromatic N) is 1. The van der Waals surface area contributed by atoms with Crippen LogP contribution in [0, 0.1) is 0 Å². The molecule has 1 amide bonds. The molecule has 0 bridgehead atoms. The van der Waals surface area contributed by atoms with Crippen molar-refractivity contribution in [3.63, 3.8) is 0 Å². The molecule has 1 heterocycles. The second-order valence-corrected chi connectivity index (χ2v) is 4.67. The highest BCUT2D eigenvalue weighted by atomic mass is 16.5. The second-order valence-electron chi connectivity index (χ2n) is 4.67. The van der Waals surface area contributed by atoms with Gasteiger partial charge in [0, 0.05) is 39.7 Å². The van der Waals surface area contributed by atoms with E-state index in [1.165, 1.54) is 6.92 Å². The predicted octanol–water partition coefficient (Wildman–Crippen LogP) is -0.779. The molecule has 1 aliphatic rings. The van der Waals surface area contributed by atoms with Gasteiger partial charge in [0.1, 0.15) is 0 Å². The van der Waals surface area contributed by atoms with Crippen molar-refractivity contribution in [3.8, 4) is 0 Å². The summed E-state index contributed by atoms with van der Waals surface area (Å²) in [5.41, 5.74) is 0. The van der Waals surface area contributed by atoms with Gasteiger partial charge in [-0.2, -0.15) is 0 Å². The van der Waals surface area contributed by atoms with Gasteiger partial charge in [-0.25, -0.2) is 0 Å². The van der Waals surface area contributed by atoms with E-state index in [2.05, 4.69) is 10.2 Å². The van der Waals surface area contributed by atoms with E-state index in [4.69, 9.17) is 9.47 Å². The van der Waals surface area contributed by atoms with Crippen molar-refractivity contribution in [2.75, 3.05) is 46.6 Å². The molecule has 6 nitrogen and oxygen atoms in total. The Kier molecular flexibility index (Phi) is 7.19. The van der Waals surface area contributed by atoms with Crippen LogP contribution in [-0.2, 0) is 14.3 Å². The molecule has 18 heavy (non-hydrogen) atoms. The molecule has 1 rings (SSSR count). The average Bonchev–Trinajstić information content (AvgIpc) is 2.71. The molecule has 2 atom stereocenters. The first-order chi connectivity index (χ1) is 8.61. The van der Waals surface area contributed by atoms with Crippen LogP contribution in [0.15, 0.2) is 0 Å². The van der Waals surface area contributed by atoms with E-state index in [0.717, 1.165) is 19.5 Å². The molecule has 0 aromatic rings. The maximum absolute atomic E-state index is 10.9. The minimum atomic E-state index is -0.488. The fourth-order valence-electron chi connectivity index (χ4n) is 2.12. The molecule has 0 spiro atoms. The third-order valence-electron chi connectivity index (χ3n) is 2.89. The van der Waals surface area contributed by atoms with Gasteiger partial charge in [0.15, 0.2) is 0 Å². The third kappa shape index (κ3) is 6.30. The predicted molar refractivity (Wildman–Crippen MR) is 67.4 cm³/mol. The normalized spacial score (nSPS) is 22.1. The highest BCUT2D eigenvalue weighted by Crippen LogP contribution is 2.09. The number of nitrogens with one attached hydrogen (secondary N) is 1. The van der Waals surface area contributed by atoms with Crippen molar-refractivity contribution >= 4 is 5.91 Å². The van der Waals surface area contributed by atoms with Gasteiger partial charge in [0.25, 0.3) is 0 Å². The largest absolute Gasteiger partial charge is 0.389 e. The number of β-amino-alcohol motifs (C(OH)–C–C–N with tert-alkyl or cyclic N) is 1. The van der Waals surface area contributed by atoms with E-state index in [1.54, 1.807) is 7.11 Å². The molecule has 0 aromatic carbocycles. The molecule has 2 N–H and O–H groups in total. The van der Waals surface area contributed by atoms with Crippen LogP contribution in [0.1, 0.15) is 13.3 Å². The summed E-state index contributed by atoms with van der Waals surface area (Å²) in [5.74, 6) is 0.00491. The first-order valence-electron chi connectivity index (χ1n) is 6.36. The van der Waals surface area contributed by atoms with Crippen LogP contribution >= 0.6 is 0 Å². The summed E-state index contributed by atoms with van der Waals surface area (Å²) < 4.78 is 10.1. The van der Waals surface area contributed by atoms with Crippen LogP contribution in [0.4, 0.5) is 0 Å². The van der Waals surface area contributed by atoms with Crippen molar-refractivity contribution in [3.05, 3.63) is 0 Å². The Balaban J connectivity index is 2.10. The van der Waals surface area contributed by atoms with Crippen molar-refractivity contribution in [2.24, 2.45) is 0 Å². The van der Waals surface area contributed by atoms with E-state index < -0.39 is 6.10 Å². The lowest BCUT2D eigenvalue weighted by Gasteiger charge is -2.20. The van der Waals surface area contributed by atoms with Crippen LogP contribution in [0.2, 0.25) is 0 Å². The van der Waals surface area contributed by atoms with Crippen molar-refractivity contribution in [1.82, 2.24) is 10.2 Å². The number of likely N-dealkylation sites (tertiary alicyclic amines) is 1. The summed E-state index contributed by atoms with van der Waals surface area (Å²) in [5, 5.41) is 12.7. The number of hydrogen-bond donors (Lipinski definition) is 2. The van der Waals surface area contributed by atoms with Crippen LogP contribution in [0.5, 0.6) is 0 Å². The summed E-state index contributed by atoms with van der Waals surface area (Å²) in [4.78, 5) is 13.1. The Hall–Kier alpha value is -0.690. The van der Waals surface area contributed by atoms with Crippen LogP contribution in [0.3, 0.4) is 0 Å². The number of ether oxygens (including phenoxy) is 2. The molecule has 2 unspecified atom stereocenters. The third-order valence-corrected chi connectivity index (χ3v) is 2.89. The summed E-state index contributed by atoms with van der Waals surface area (Å²) in [6, 6.07) is 0.212. The Bertz CT molecular complexity index is 250. The monoisotopic (exact) mass is 260 g/mol. The fourth-order valence-corrected chi connectivity index (χ4v) is 2.12. The number of carbonyl (C=O) groups excluding carboxylic acids is 1. The van der Waals surface area contributed by atoms with E-state index in [1.807, 2.05) is 0 Å². The Morgan fingerprint density at radius 1 is 1.56 bits per heavy atom. The summed E-state index contributed by atoms with van der Waals surface area (Å²) in [7, 11) is 1.62. The molecule has 106 valence electrons. The maximum Gasteiger partial charge on any atom is 0.217 e. The first-order valence-corrected chi connectivity index (χ1v) is 6.36. The Labute approximate surface area is 108 Å². The van der Waals surface area contributed by atoms with Gasteiger partial charge >= 0.3 is 0 Å². The molecule has 0 aromatic heterocycles. The zero-order chi connectivity index (χ0) is 13.4. The highest BCUT2D eigenvalue weighted by Gasteiger charge is 2.24. The molecule has 0 aliphatic carbocycles. The highest BCUT2D eigenvalue weighted by molar-refractivity contribution is 5.73. The zero-order valence-corrected chi connectivity index (χ0v) is 11.2. The lowest BCUT2D eigenvalue weighted by molar-refractivity contribution is -0.119. The van der Waals surface area contributed by atoms with Crippen LogP contribution in [-0.4, -0.2) is 74.6 Å². The summed E-state index contributed by atoms with van der Waals surface area (Å²) in [6.45, 7) is 5.19. The molecule has 6 heteroatoms. The maximum atomic E-state index is 10.9. The van der Waals surface area contributed by atoms with Gasteiger partial charge in [0.05, 0.1) is 25.9 Å². The molecule has 0 saturated carbocycles. The lowest BCUT2D eigenvalue weighted by atomic mass is 10.2. The molecular weight excluding hydrogens is 236 g/mol. The topological polar surface area (TPSA) is 71.0 Å². The van der Waals surface area contributed by atoms with E-state index >= 15 is 0 Å². The Morgan fingerprint density at radius 3 is 3.00 bits per heavy atom. The van der Waals surface area contributed by atoms with Gasteiger partial charge in [-0.05, 0) is 6.42 Å². The number of amides is 1. The summed E-state index contributed by atoms with van der Waals surface area (Å²) in [6.07, 6.45) is 0.453. The standard InChI is InChI=1S/C12H24N2O4/c1-10(15)13-11-3-4-14(7-11)8-12(16)9-18-6-5-17-2/h11-12,16H,3-9H2,1-2H3,(H,13,15). The molecule has 1 fully saturated rings. The fraction of sp³-hybridized carbons (Fsp3) is 0.917. The van der Waals surface area contributed by atoms with Gasteiger partial charge in [-0.3, -0.25) is 9.69 Å². The van der Waals surface area contributed by atoms with Gasteiger partial charge in [-0.1, -0.05) is 0 Å². The zero-order valence-electron chi connectivity index (χ0n) is 11.2. The number of carbonyl (C=O) groups is 1. The lowest BCUT2D eigenvalue weighted by Crippen LogP contribution is -2.38. The second kappa shape index (κ2) is 8.42. The minimum absolute atomic E-state index is 0.00491. The van der Waals surface area contributed by atoms with Crippen molar-refractivity contribution < 1.29 is 19.4 Å². The smallest absolute Gasteiger partial charge is 0.217 e. The number of hydrogen-bond acceptors (Lipinski definition) is 5. The van der Waals surface area contributed by atoms with Crippen LogP contribution in [0.25, 0.3) is 0 Å². The Morgan fingerprint density at radius 2 is 2.33 bits per heavy atom. The molecule has 1 aliphatic heterocycles. The minimum Gasteiger partial charge on any atom is -0.389 e. The SMILES string of the molecule is COCCOCC(O)CN1CCC(NC(C)=O)C1. The summed E-state index contributed by atoms with van der Waals surface area (Å²) >= 11 is 0. The van der Waals surface area contributed by atoms with Crippen molar-refractivity contribution in [2.45, 2.75) is 25.5 Å². The van der Waals surface area contributed by atoms with E-state index in [0.29, 0.717) is 26.4 Å². The van der Waals surface area contributed by atoms with Gasteiger partial charge in [-0.15, -0.1) is 0 Å². The molecule has 1 saturated heterocycles. The quantitative estimate of drug-likeness (QED) is 0.560. The van der Waals surface area contributed by atoms with E-state index in [9.17, 15) is 9.90 Å². The van der Waals surface area contributed by atoms with Crippen LogP contribution < -0.4 is 5.32 Å². The molecule has 0 radical (unpaired) electrons. The van der Waals surface area contributed by atoms with Gasteiger partial charge in [0.2, 0.25) is 5.91 Å². The number of rotatable bonds is 8. The van der Waals surface area contributed by atoms with E-state index in [-0.39, 0.29) is 11.9 Å². The van der Waals surface area contributed by atoms with Crippen molar-refractivity contribution in [1.29, 1.82) is 0 Å². The molecular formula is C12H24N2O4. The number of aliphatic hydroxyl groups excluding tert-OH is 1. The van der Waals surface area contributed by atoms with Gasteiger partial charge < -0.3 is 19.9 Å². The number of aliphatic hydroxyl groups is 1.